The molecule has 0 amide bonds. The van der Waals surface area contributed by atoms with Gasteiger partial charge in [-0.05, 0) is 44.0 Å². The van der Waals surface area contributed by atoms with Gasteiger partial charge in [0, 0.05) is 12.3 Å². The Morgan fingerprint density at radius 3 is 2.27 bits per heavy atom. The maximum absolute atomic E-state index is 5.74. The summed E-state index contributed by atoms with van der Waals surface area (Å²) in [4.78, 5) is 12.5. The van der Waals surface area contributed by atoms with Crippen LogP contribution in [0, 0.1) is 0 Å². The molecule has 0 aliphatic rings. The molecule has 0 bridgehead atoms. The zero-order valence-electron chi connectivity index (χ0n) is 7.28. The molecule has 15 heavy (non-hydrogen) atoms. The maximum atomic E-state index is 5.74. The summed E-state index contributed by atoms with van der Waals surface area (Å²) in [6, 6.07) is 5.29. The van der Waals surface area contributed by atoms with Crippen LogP contribution in [0.1, 0.15) is 0 Å². The number of aromatic nitrogens is 3. The highest BCUT2D eigenvalue weighted by Gasteiger charge is 2.05. The fourth-order valence-electron chi connectivity index (χ4n) is 1.01. The Labute approximate surface area is 108 Å². The van der Waals surface area contributed by atoms with Crippen LogP contribution in [-0.2, 0) is 0 Å². The molecule has 2 rings (SSSR count). The summed E-state index contributed by atoms with van der Waals surface area (Å²) in [7, 11) is 0. The number of pyridine rings is 1. The molecule has 2 heterocycles. The van der Waals surface area contributed by atoms with E-state index in [-0.39, 0.29) is 0 Å². The van der Waals surface area contributed by atoms with Crippen LogP contribution in [0.2, 0.25) is 5.02 Å². The SMILES string of the molecule is Clc1ccc(-c2nc(Br)cc(Br)n2)nc1. The number of hydrogen-bond donors (Lipinski definition) is 0. The Bertz CT molecular complexity index is 467. The number of halogens is 3. The van der Waals surface area contributed by atoms with Gasteiger partial charge in [0.05, 0.1) is 5.02 Å². The lowest BCUT2D eigenvalue weighted by Crippen LogP contribution is -1.92. The Kier molecular flexibility index (Phi) is 3.33. The highest BCUT2D eigenvalue weighted by molar-refractivity contribution is 9.11. The van der Waals surface area contributed by atoms with Crippen LogP contribution in [0.4, 0.5) is 0 Å². The normalized spacial score (nSPS) is 10.3. The third-order valence-corrected chi connectivity index (χ3v) is 2.66. The molecule has 2 aromatic rings. The molecule has 76 valence electrons. The van der Waals surface area contributed by atoms with Gasteiger partial charge in [-0.2, -0.15) is 0 Å². The Balaban J connectivity index is 2.49. The van der Waals surface area contributed by atoms with E-state index in [0.29, 0.717) is 25.7 Å². The van der Waals surface area contributed by atoms with Gasteiger partial charge in [0.2, 0.25) is 0 Å². The first-order chi connectivity index (χ1) is 7.15. The minimum Gasteiger partial charge on any atom is -0.251 e. The van der Waals surface area contributed by atoms with E-state index in [1.807, 2.05) is 0 Å². The summed E-state index contributed by atoms with van der Waals surface area (Å²) in [5, 5.41) is 0.591. The zero-order valence-corrected chi connectivity index (χ0v) is 11.2. The van der Waals surface area contributed by atoms with E-state index < -0.39 is 0 Å². The second kappa shape index (κ2) is 4.55. The van der Waals surface area contributed by atoms with Gasteiger partial charge in [0.15, 0.2) is 5.82 Å². The highest BCUT2D eigenvalue weighted by Crippen LogP contribution is 2.20. The second-order valence-corrected chi connectivity index (χ2v) is 4.76. The van der Waals surface area contributed by atoms with Crippen LogP contribution in [0.5, 0.6) is 0 Å². The maximum Gasteiger partial charge on any atom is 0.180 e. The van der Waals surface area contributed by atoms with E-state index in [2.05, 4.69) is 46.8 Å². The minimum atomic E-state index is 0.549. The molecule has 0 aromatic carbocycles. The molecule has 0 aliphatic heterocycles. The van der Waals surface area contributed by atoms with E-state index in [9.17, 15) is 0 Å². The number of hydrogen-bond acceptors (Lipinski definition) is 3. The topological polar surface area (TPSA) is 38.7 Å². The average Bonchev–Trinajstić information content (AvgIpc) is 2.17. The molecule has 0 radical (unpaired) electrons. The van der Waals surface area contributed by atoms with Crippen molar-refractivity contribution in [3.63, 3.8) is 0 Å². The molecule has 3 nitrogen and oxygen atoms in total. The summed E-state index contributed by atoms with van der Waals surface area (Å²) in [6.07, 6.45) is 1.56. The zero-order chi connectivity index (χ0) is 10.8. The highest BCUT2D eigenvalue weighted by atomic mass is 79.9. The number of rotatable bonds is 1. The van der Waals surface area contributed by atoms with E-state index in [4.69, 9.17) is 11.6 Å². The predicted octanol–water partition coefficient (Wildman–Crippen LogP) is 3.72. The predicted molar refractivity (Wildman–Crippen MR) is 65.7 cm³/mol. The molecular weight excluding hydrogens is 345 g/mol. The molecule has 0 spiro atoms. The van der Waals surface area contributed by atoms with Gasteiger partial charge < -0.3 is 0 Å². The van der Waals surface area contributed by atoms with Crippen molar-refractivity contribution >= 4 is 43.5 Å². The van der Waals surface area contributed by atoms with Crippen molar-refractivity contribution in [2.24, 2.45) is 0 Å². The number of nitrogens with zero attached hydrogens (tertiary/aromatic N) is 3. The molecule has 2 aromatic heterocycles. The first kappa shape index (κ1) is 11.0. The Morgan fingerprint density at radius 2 is 1.73 bits per heavy atom. The first-order valence-corrected chi connectivity index (χ1v) is 5.93. The summed E-state index contributed by atoms with van der Waals surface area (Å²) in [5.41, 5.74) is 0.682. The van der Waals surface area contributed by atoms with E-state index in [1.165, 1.54) is 0 Å². The summed E-state index contributed by atoms with van der Waals surface area (Å²) in [6.45, 7) is 0. The van der Waals surface area contributed by atoms with Gasteiger partial charge in [-0.15, -0.1) is 0 Å². The minimum absolute atomic E-state index is 0.549. The standard InChI is InChI=1S/C9H4Br2ClN3/c10-7-3-8(11)15-9(14-7)6-2-1-5(12)4-13-6/h1-4H. The van der Waals surface area contributed by atoms with Crippen molar-refractivity contribution < 1.29 is 0 Å². The third-order valence-electron chi connectivity index (χ3n) is 1.62. The molecule has 0 saturated carbocycles. The quantitative estimate of drug-likeness (QED) is 0.737. The van der Waals surface area contributed by atoms with Crippen molar-refractivity contribution in [1.29, 1.82) is 0 Å². The smallest absolute Gasteiger partial charge is 0.180 e. The van der Waals surface area contributed by atoms with Gasteiger partial charge in [-0.25, -0.2) is 9.97 Å². The molecular formula is C9H4Br2ClN3. The summed E-state index contributed by atoms with van der Waals surface area (Å²) in [5.74, 6) is 0.549. The Hall–Kier alpha value is -0.520. The molecule has 0 aliphatic carbocycles. The second-order valence-electron chi connectivity index (χ2n) is 2.70. The molecule has 0 N–H and O–H groups in total. The Morgan fingerprint density at radius 1 is 1.07 bits per heavy atom. The molecule has 6 heteroatoms. The van der Waals surface area contributed by atoms with Crippen molar-refractivity contribution in [3.8, 4) is 11.5 Å². The lowest BCUT2D eigenvalue weighted by Gasteiger charge is -2.00. The van der Waals surface area contributed by atoms with Crippen molar-refractivity contribution in [1.82, 2.24) is 15.0 Å². The van der Waals surface area contributed by atoms with Crippen molar-refractivity contribution in [2.75, 3.05) is 0 Å². The molecule has 0 atom stereocenters. The van der Waals surface area contributed by atoms with Gasteiger partial charge in [0.1, 0.15) is 14.9 Å². The van der Waals surface area contributed by atoms with Gasteiger partial charge in [0.25, 0.3) is 0 Å². The molecule has 0 saturated heterocycles. The van der Waals surface area contributed by atoms with Crippen molar-refractivity contribution in [3.05, 3.63) is 38.6 Å². The van der Waals surface area contributed by atoms with Crippen LogP contribution < -0.4 is 0 Å². The van der Waals surface area contributed by atoms with Crippen LogP contribution in [-0.4, -0.2) is 15.0 Å². The van der Waals surface area contributed by atoms with Gasteiger partial charge in [-0.3, -0.25) is 4.98 Å². The van der Waals surface area contributed by atoms with Gasteiger partial charge in [-0.1, -0.05) is 11.6 Å². The van der Waals surface area contributed by atoms with Crippen molar-refractivity contribution in [2.45, 2.75) is 0 Å². The van der Waals surface area contributed by atoms with Crippen LogP contribution in [0.3, 0.4) is 0 Å². The van der Waals surface area contributed by atoms with E-state index in [1.54, 1.807) is 24.4 Å². The molecule has 0 unspecified atom stereocenters. The summed E-state index contributed by atoms with van der Waals surface area (Å²) >= 11 is 12.3. The summed E-state index contributed by atoms with van der Waals surface area (Å²) < 4.78 is 1.41. The average molecular weight is 349 g/mol. The molecule has 0 fully saturated rings. The monoisotopic (exact) mass is 347 g/mol. The van der Waals surface area contributed by atoms with Crippen LogP contribution >= 0.6 is 43.5 Å². The third kappa shape index (κ3) is 2.74. The fraction of sp³-hybridized carbons (Fsp3) is 0. The lowest BCUT2D eigenvalue weighted by molar-refractivity contribution is 1.10. The van der Waals surface area contributed by atoms with Gasteiger partial charge >= 0.3 is 0 Å². The van der Waals surface area contributed by atoms with Crippen LogP contribution in [0.15, 0.2) is 33.6 Å². The lowest BCUT2D eigenvalue weighted by atomic mass is 10.3. The first-order valence-electron chi connectivity index (χ1n) is 3.97. The van der Waals surface area contributed by atoms with Crippen LogP contribution in [0.25, 0.3) is 11.5 Å². The van der Waals surface area contributed by atoms with E-state index >= 15 is 0 Å². The van der Waals surface area contributed by atoms with E-state index in [0.717, 1.165) is 0 Å². The fourth-order valence-corrected chi connectivity index (χ4v) is 2.20. The largest absolute Gasteiger partial charge is 0.251 e.